The van der Waals surface area contributed by atoms with Gasteiger partial charge in [-0.3, -0.25) is 4.79 Å². The van der Waals surface area contributed by atoms with Crippen molar-refractivity contribution >= 4 is 29.0 Å². The van der Waals surface area contributed by atoms with Crippen molar-refractivity contribution in [1.29, 1.82) is 0 Å². The molecule has 0 unspecified atom stereocenters. The first-order valence-electron chi connectivity index (χ1n) is 12.3. The van der Waals surface area contributed by atoms with Crippen LogP contribution in [-0.2, 0) is 31.9 Å². The van der Waals surface area contributed by atoms with Gasteiger partial charge in [0.2, 0.25) is 0 Å². The van der Waals surface area contributed by atoms with Gasteiger partial charge < -0.3 is 14.4 Å². The number of aryl methyl sites for hydroxylation is 1. The lowest BCUT2D eigenvalue weighted by Crippen LogP contribution is -2.13. The number of ether oxygens (including phenoxy) is 2. The summed E-state index contributed by atoms with van der Waals surface area (Å²) >= 11 is 0. The molecule has 0 atom stereocenters. The van der Waals surface area contributed by atoms with Gasteiger partial charge in [0, 0.05) is 35.5 Å². The standard InChI is InChI=1S/C31H35NO4/c1-22(2)30(33)35-20-18-25-8-14-28(15-9-25)32(27-12-6-24(5)7-13-27)29-16-10-26(11-17-29)19-21-36-31(34)23(3)4/h6-17,23H,1,18-21H2,2-5H3. The van der Waals surface area contributed by atoms with Gasteiger partial charge >= 0.3 is 11.9 Å². The zero-order valence-corrected chi connectivity index (χ0v) is 21.6. The molecule has 0 aliphatic rings. The quantitative estimate of drug-likeness (QED) is 0.219. The number of benzene rings is 3. The van der Waals surface area contributed by atoms with Crippen molar-refractivity contribution in [2.45, 2.75) is 40.5 Å². The molecule has 5 nitrogen and oxygen atoms in total. The Hall–Kier alpha value is -3.86. The normalized spacial score (nSPS) is 10.7. The summed E-state index contributed by atoms with van der Waals surface area (Å²) in [6.45, 7) is 11.7. The Kier molecular flexibility index (Phi) is 9.46. The molecule has 0 aliphatic carbocycles. The van der Waals surface area contributed by atoms with Crippen molar-refractivity contribution in [3.05, 3.63) is 102 Å². The third kappa shape index (κ3) is 7.57. The van der Waals surface area contributed by atoms with E-state index in [1.807, 2.05) is 13.8 Å². The first-order valence-corrected chi connectivity index (χ1v) is 12.3. The fraction of sp³-hybridized carbons (Fsp3) is 0.290. The average molecular weight is 486 g/mol. The van der Waals surface area contributed by atoms with Crippen LogP contribution < -0.4 is 4.90 Å². The van der Waals surface area contributed by atoms with Crippen LogP contribution in [-0.4, -0.2) is 25.2 Å². The monoisotopic (exact) mass is 485 g/mol. The number of rotatable bonds is 11. The fourth-order valence-corrected chi connectivity index (χ4v) is 3.59. The second-order valence-electron chi connectivity index (χ2n) is 9.24. The topological polar surface area (TPSA) is 55.8 Å². The van der Waals surface area contributed by atoms with E-state index in [9.17, 15) is 9.59 Å². The zero-order valence-electron chi connectivity index (χ0n) is 21.6. The maximum Gasteiger partial charge on any atom is 0.333 e. The van der Waals surface area contributed by atoms with Gasteiger partial charge in [-0.15, -0.1) is 0 Å². The summed E-state index contributed by atoms with van der Waals surface area (Å²) in [7, 11) is 0. The minimum atomic E-state index is -0.362. The predicted octanol–water partition coefficient (Wildman–Crippen LogP) is 6.87. The van der Waals surface area contributed by atoms with Crippen molar-refractivity contribution in [2.75, 3.05) is 18.1 Å². The molecule has 3 aromatic rings. The summed E-state index contributed by atoms with van der Waals surface area (Å²) in [6, 6.07) is 25.0. The highest BCUT2D eigenvalue weighted by molar-refractivity contribution is 5.86. The summed E-state index contributed by atoms with van der Waals surface area (Å²) in [6.07, 6.45) is 1.31. The average Bonchev–Trinajstić information content (AvgIpc) is 2.87. The maximum atomic E-state index is 11.7. The zero-order chi connectivity index (χ0) is 26.1. The van der Waals surface area contributed by atoms with E-state index < -0.39 is 0 Å². The molecular weight excluding hydrogens is 450 g/mol. The number of hydrogen-bond donors (Lipinski definition) is 0. The highest BCUT2D eigenvalue weighted by Gasteiger charge is 2.13. The molecule has 0 fully saturated rings. The molecule has 3 aromatic carbocycles. The van der Waals surface area contributed by atoms with Crippen LogP contribution in [0.5, 0.6) is 0 Å². The van der Waals surface area contributed by atoms with E-state index in [1.54, 1.807) is 6.92 Å². The second-order valence-corrected chi connectivity index (χ2v) is 9.24. The molecule has 0 bridgehead atoms. The van der Waals surface area contributed by atoms with Crippen LogP contribution in [0.4, 0.5) is 17.1 Å². The number of nitrogens with zero attached hydrogens (tertiary/aromatic N) is 1. The van der Waals surface area contributed by atoms with Crippen LogP contribution in [0.15, 0.2) is 84.9 Å². The number of anilines is 3. The lowest BCUT2D eigenvalue weighted by atomic mass is 10.1. The third-order valence-corrected chi connectivity index (χ3v) is 5.76. The van der Waals surface area contributed by atoms with Crippen LogP contribution >= 0.6 is 0 Å². The molecule has 0 aliphatic heterocycles. The molecule has 0 radical (unpaired) electrons. The molecule has 0 amide bonds. The SMILES string of the molecule is C=C(C)C(=O)OCCc1ccc(N(c2ccc(C)cc2)c2ccc(CCOC(=O)C(C)C)cc2)cc1. The van der Waals surface area contributed by atoms with Gasteiger partial charge in [-0.1, -0.05) is 62.4 Å². The van der Waals surface area contributed by atoms with Crippen molar-refractivity contribution in [3.8, 4) is 0 Å². The van der Waals surface area contributed by atoms with Gasteiger partial charge in [0.1, 0.15) is 0 Å². The molecule has 188 valence electrons. The van der Waals surface area contributed by atoms with E-state index in [-0.39, 0.29) is 17.9 Å². The largest absolute Gasteiger partial charge is 0.465 e. The Morgan fingerprint density at radius 3 is 1.58 bits per heavy atom. The lowest BCUT2D eigenvalue weighted by molar-refractivity contribution is -0.147. The Bertz CT molecular complexity index is 1160. The molecule has 0 N–H and O–H groups in total. The molecule has 0 saturated heterocycles. The van der Waals surface area contributed by atoms with Gasteiger partial charge in [0.25, 0.3) is 0 Å². The van der Waals surface area contributed by atoms with Crippen molar-refractivity contribution in [3.63, 3.8) is 0 Å². The summed E-state index contributed by atoms with van der Waals surface area (Å²) < 4.78 is 10.5. The minimum absolute atomic E-state index is 0.117. The van der Waals surface area contributed by atoms with E-state index in [4.69, 9.17) is 9.47 Å². The van der Waals surface area contributed by atoms with Crippen molar-refractivity contribution < 1.29 is 19.1 Å². The number of carbonyl (C=O) groups is 2. The Morgan fingerprint density at radius 1 is 0.750 bits per heavy atom. The van der Waals surface area contributed by atoms with Gasteiger partial charge in [0.05, 0.1) is 19.1 Å². The highest BCUT2D eigenvalue weighted by Crippen LogP contribution is 2.34. The third-order valence-electron chi connectivity index (χ3n) is 5.76. The number of carbonyl (C=O) groups excluding carboxylic acids is 2. The Morgan fingerprint density at radius 2 is 1.17 bits per heavy atom. The van der Waals surface area contributed by atoms with Crippen LogP contribution in [0, 0.1) is 12.8 Å². The van der Waals surface area contributed by atoms with Crippen LogP contribution in [0.25, 0.3) is 0 Å². The molecule has 0 spiro atoms. The first kappa shape index (κ1) is 26.7. The summed E-state index contributed by atoms with van der Waals surface area (Å²) in [5.41, 5.74) is 6.92. The van der Waals surface area contributed by atoms with Crippen molar-refractivity contribution in [1.82, 2.24) is 0 Å². The van der Waals surface area contributed by atoms with Gasteiger partial charge in [-0.2, -0.15) is 0 Å². The molecule has 36 heavy (non-hydrogen) atoms. The molecule has 0 aromatic heterocycles. The molecule has 0 saturated carbocycles. The van der Waals surface area contributed by atoms with Crippen molar-refractivity contribution in [2.24, 2.45) is 5.92 Å². The number of hydrogen-bond acceptors (Lipinski definition) is 5. The maximum absolute atomic E-state index is 11.7. The molecule has 5 heteroatoms. The van der Waals surface area contributed by atoms with Crippen LogP contribution in [0.1, 0.15) is 37.5 Å². The molecule has 0 heterocycles. The Balaban J connectivity index is 1.75. The molecular formula is C31H35NO4. The smallest absolute Gasteiger partial charge is 0.333 e. The van der Waals surface area contributed by atoms with Crippen LogP contribution in [0.2, 0.25) is 0 Å². The fourth-order valence-electron chi connectivity index (χ4n) is 3.59. The van der Waals surface area contributed by atoms with E-state index in [0.717, 1.165) is 28.2 Å². The van der Waals surface area contributed by atoms with E-state index in [0.29, 0.717) is 31.6 Å². The van der Waals surface area contributed by atoms with Gasteiger partial charge in [-0.25, -0.2) is 4.79 Å². The van der Waals surface area contributed by atoms with E-state index in [2.05, 4.69) is 91.2 Å². The first-order chi connectivity index (χ1) is 17.2. The van der Waals surface area contributed by atoms with E-state index >= 15 is 0 Å². The van der Waals surface area contributed by atoms with Gasteiger partial charge in [0.15, 0.2) is 0 Å². The highest BCUT2D eigenvalue weighted by atomic mass is 16.5. The summed E-state index contributed by atoms with van der Waals surface area (Å²) in [5, 5.41) is 0. The summed E-state index contributed by atoms with van der Waals surface area (Å²) in [5.74, 6) is -0.651. The molecule has 3 rings (SSSR count). The second kappa shape index (κ2) is 12.7. The predicted molar refractivity (Wildman–Crippen MR) is 145 cm³/mol. The van der Waals surface area contributed by atoms with Crippen LogP contribution in [0.3, 0.4) is 0 Å². The van der Waals surface area contributed by atoms with E-state index in [1.165, 1.54) is 5.56 Å². The Labute approximate surface area is 214 Å². The lowest BCUT2D eigenvalue weighted by Gasteiger charge is -2.26. The summed E-state index contributed by atoms with van der Waals surface area (Å²) in [4.78, 5) is 25.5. The van der Waals surface area contributed by atoms with Gasteiger partial charge in [-0.05, 0) is 61.4 Å². The number of esters is 2. The minimum Gasteiger partial charge on any atom is -0.465 e.